The fourth-order valence-corrected chi connectivity index (χ4v) is 2.58. The number of anilines is 1. The molecule has 0 spiro atoms. The minimum absolute atomic E-state index is 0.0138. The van der Waals surface area contributed by atoms with E-state index in [-0.39, 0.29) is 24.0 Å². The normalized spacial score (nSPS) is 15.7. The molecule has 1 fully saturated rings. The summed E-state index contributed by atoms with van der Waals surface area (Å²) in [7, 11) is 0. The molecule has 9 heteroatoms. The summed E-state index contributed by atoms with van der Waals surface area (Å²) in [6, 6.07) is 3.22. The van der Waals surface area contributed by atoms with Crippen molar-refractivity contribution in [3.63, 3.8) is 0 Å². The van der Waals surface area contributed by atoms with Crippen LogP contribution in [0.2, 0.25) is 0 Å². The summed E-state index contributed by atoms with van der Waals surface area (Å²) in [6.07, 6.45) is 0.773. The topological polar surface area (TPSA) is 95.8 Å². The molecular weight excluding hydrogens is 319 g/mol. The standard InChI is InChI=1S/C15H19FN4O4/c1-11(21)19-6-2-5-18(7-8-19)10-15(22)17-12-3-4-13(16)14(9-12)20(23)24/h3-4,9H,2,5-8,10H2,1H3,(H,17,22). The number of carbonyl (C=O) groups excluding carboxylic acids is 2. The average Bonchev–Trinajstić information content (AvgIpc) is 2.74. The molecule has 1 N–H and O–H groups in total. The zero-order valence-corrected chi connectivity index (χ0v) is 13.3. The van der Waals surface area contributed by atoms with E-state index in [9.17, 15) is 24.1 Å². The third kappa shape index (κ3) is 4.72. The van der Waals surface area contributed by atoms with Crippen molar-refractivity contribution in [2.45, 2.75) is 13.3 Å². The van der Waals surface area contributed by atoms with E-state index in [0.717, 1.165) is 18.6 Å². The van der Waals surface area contributed by atoms with Crippen LogP contribution in [0.4, 0.5) is 15.8 Å². The van der Waals surface area contributed by atoms with Crippen molar-refractivity contribution >= 4 is 23.2 Å². The molecule has 0 aromatic heterocycles. The van der Waals surface area contributed by atoms with Gasteiger partial charge in [-0.3, -0.25) is 24.6 Å². The van der Waals surface area contributed by atoms with Crippen LogP contribution in [0.3, 0.4) is 0 Å². The van der Waals surface area contributed by atoms with Gasteiger partial charge in [0.15, 0.2) is 0 Å². The number of amides is 2. The quantitative estimate of drug-likeness (QED) is 0.658. The predicted molar refractivity (Wildman–Crippen MR) is 85.0 cm³/mol. The maximum Gasteiger partial charge on any atom is 0.306 e. The first kappa shape index (κ1) is 17.8. The van der Waals surface area contributed by atoms with Gasteiger partial charge in [0.1, 0.15) is 0 Å². The fourth-order valence-electron chi connectivity index (χ4n) is 2.58. The molecular formula is C15H19FN4O4. The van der Waals surface area contributed by atoms with E-state index in [1.165, 1.54) is 13.0 Å². The molecule has 8 nitrogen and oxygen atoms in total. The molecule has 2 rings (SSSR count). The van der Waals surface area contributed by atoms with Crippen molar-refractivity contribution < 1.29 is 18.9 Å². The molecule has 1 aliphatic rings. The van der Waals surface area contributed by atoms with Gasteiger partial charge in [-0.1, -0.05) is 0 Å². The third-order valence-corrected chi connectivity index (χ3v) is 3.83. The SMILES string of the molecule is CC(=O)N1CCCN(CC(=O)Nc2ccc(F)c([N+](=O)[O-])c2)CC1. The number of hydrogen-bond donors (Lipinski definition) is 1. The number of halogens is 1. The van der Waals surface area contributed by atoms with Crippen LogP contribution in [-0.2, 0) is 9.59 Å². The Kier molecular flexibility index (Phi) is 5.80. The first-order valence-electron chi connectivity index (χ1n) is 7.58. The lowest BCUT2D eigenvalue weighted by atomic mass is 10.2. The van der Waals surface area contributed by atoms with Crippen molar-refractivity contribution in [2.24, 2.45) is 0 Å². The molecule has 1 heterocycles. The van der Waals surface area contributed by atoms with Gasteiger partial charge in [-0.25, -0.2) is 0 Å². The second-order valence-corrected chi connectivity index (χ2v) is 5.61. The number of nitro groups is 1. The van der Waals surface area contributed by atoms with Crippen LogP contribution in [0.1, 0.15) is 13.3 Å². The molecule has 0 aliphatic carbocycles. The number of nitrogens with zero attached hydrogens (tertiary/aromatic N) is 3. The van der Waals surface area contributed by atoms with Crippen molar-refractivity contribution in [3.05, 3.63) is 34.1 Å². The number of carbonyl (C=O) groups is 2. The van der Waals surface area contributed by atoms with Crippen LogP contribution in [0, 0.1) is 15.9 Å². The lowest BCUT2D eigenvalue weighted by molar-refractivity contribution is -0.387. The Morgan fingerprint density at radius 2 is 2.04 bits per heavy atom. The van der Waals surface area contributed by atoms with Crippen LogP contribution in [-0.4, -0.2) is 59.3 Å². The summed E-state index contributed by atoms with van der Waals surface area (Å²) in [5.41, 5.74) is -0.507. The third-order valence-electron chi connectivity index (χ3n) is 3.83. The molecule has 0 atom stereocenters. The number of rotatable bonds is 4. The summed E-state index contributed by atoms with van der Waals surface area (Å²) in [6.45, 7) is 4.11. The maximum atomic E-state index is 13.3. The highest BCUT2D eigenvalue weighted by Crippen LogP contribution is 2.21. The summed E-state index contributed by atoms with van der Waals surface area (Å²) in [5.74, 6) is -1.28. The van der Waals surface area contributed by atoms with E-state index in [1.807, 2.05) is 4.90 Å². The second kappa shape index (κ2) is 7.82. The van der Waals surface area contributed by atoms with Crippen molar-refractivity contribution in [1.82, 2.24) is 9.80 Å². The van der Waals surface area contributed by atoms with E-state index in [0.29, 0.717) is 26.2 Å². The molecule has 130 valence electrons. The van der Waals surface area contributed by atoms with Gasteiger partial charge in [0.05, 0.1) is 11.5 Å². The lowest BCUT2D eigenvalue weighted by Crippen LogP contribution is -2.37. The van der Waals surface area contributed by atoms with Gasteiger partial charge in [-0.2, -0.15) is 4.39 Å². The average molecular weight is 338 g/mol. The minimum Gasteiger partial charge on any atom is -0.342 e. The minimum atomic E-state index is -0.949. The highest BCUT2D eigenvalue weighted by atomic mass is 19.1. The molecule has 2 amide bonds. The van der Waals surface area contributed by atoms with Crippen molar-refractivity contribution in [2.75, 3.05) is 38.0 Å². The number of benzene rings is 1. The molecule has 0 saturated carbocycles. The van der Waals surface area contributed by atoms with Crippen molar-refractivity contribution in [1.29, 1.82) is 0 Å². The smallest absolute Gasteiger partial charge is 0.306 e. The first-order chi connectivity index (χ1) is 11.4. The van der Waals surface area contributed by atoms with Crippen LogP contribution >= 0.6 is 0 Å². The summed E-state index contributed by atoms with van der Waals surface area (Å²) < 4.78 is 13.3. The molecule has 24 heavy (non-hydrogen) atoms. The molecule has 1 aliphatic heterocycles. The lowest BCUT2D eigenvalue weighted by Gasteiger charge is -2.20. The highest BCUT2D eigenvalue weighted by molar-refractivity contribution is 5.92. The first-order valence-corrected chi connectivity index (χ1v) is 7.58. The Hall–Kier alpha value is -2.55. The Balaban J connectivity index is 1.92. The molecule has 0 bridgehead atoms. The van der Waals surface area contributed by atoms with Crippen LogP contribution < -0.4 is 5.32 Å². The number of nitro benzene ring substituents is 1. The van der Waals surface area contributed by atoms with E-state index in [4.69, 9.17) is 0 Å². The van der Waals surface area contributed by atoms with Gasteiger partial charge >= 0.3 is 5.69 Å². The second-order valence-electron chi connectivity index (χ2n) is 5.61. The molecule has 1 aromatic rings. The molecule has 1 saturated heterocycles. The monoisotopic (exact) mass is 338 g/mol. The number of nitrogens with one attached hydrogen (secondary N) is 1. The molecule has 0 unspecified atom stereocenters. The summed E-state index contributed by atoms with van der Waals surface area (Å²) >= 11 is 0. The van der Waals surface area contributed by atoms with Crippen LogP contribution in [0.25, 0.3) is 0 Å². The molecule has 0 radical (unpaired) electrons. The Morgan fingerprint density at radius 3 is 2.71 bits per heavy atom. The van der Waals surface area contributed by atoms with E-state index < -0.39 is 16.4 Å². The van der Waals surface area contributed by atoms with Crippen LogP contribution in [0.15, 0.2) is 18.2 Å². The van der Waals surface area contributed by atoms with E-state index in [2.05, 4.69) is 5.32 Å². The van der Waals surface area contributed by atoms with E-state index >= 15 is 0 Å². The van der Waals surface area contributed by atoms with Gasteiger partial charge < -0.3 is 10.2 Å². The zero-order valence-electron chi connectivity index (χ0n) is 13.3. The zero-order chi connectivity index (χ0) is 17.7. The van der Waals surface area contributed by atoms with Crippen LogP contribution in [0.5, 0.6) is 0 Å². The van der Waals surface area contributed by atoms with Gasteiger partial charge in [0, 0.05) is 44.9 Å². The number of hydrogen-bond acceptors (Lipinski definition) is 5. The largest absolute Gasteiger partial charge is 0.342 e. The Bertz CT molecular complexity index is 652. The van der Waals surface area contributed by atoms with Gasteiger partial charge in [-0.05, 0) is 18.6 Å². The molecule has 1 aromatic carbocycles. The predicted octanol–water partition coefficient (Wildman–Crippen LogP) is 1.23. The summed E-state index contributed by atoms with van der Waals surface area (Å²) in [5, 5.41) is 13.2. The Labute approximate surface area is 138 Å². The van der Waals surface area contributed by atoms with Gasteiger partial charge in [-0.15, -0.1) is 0 Å². The van der Waals surface area contributed by atoms with E-state index in [1.54, 1.807) is 4.90 Å². The fraction of sp³-hybridized carbons (Fsp3) is 0.467. The maximum absolute atomic E-state index is 13.3. The van der Waals surface area contributed by atoms with Gasteiger partial charge in [0.25, 0.3) is 0 Å². The highest BCUT2D eigenvalue weighted by Gasteiger charge is 2.19. The van der Waals surface area contributed by atoms with Crippen molar-refractivity contribution in [3.8, 4) is 0 Å². The van der Waals surface area contributed by atoms with Gasteiger partial charge in [0.2, 0.25) is 17.6 Å². The Morgan fingerprint density at radius 1 is 1.29 bits per heavy atom. The summed E-state index contributed by atoms with van der Waals surface area (Å²) in [4.78, 5) is 37.0.